The fourth-order valence-electron chi connectivity index (χ4n) is 1.48. The lowest BCUT2D eigenvalue weighted by atomic mass is 10.2. The van der Waals surface area contributed by atoms with Gasteiger partial charge < -0.3 is 5.32 Å². The molecule has 0 fully saturated rings. The predicted molar refractivity (Wildman–Crippen MR) is 77.2 cm³/mol. The summed E-state index contributed by atoms with van der Waals surface area (Å²) in [5.74, 6) is 0. The second-order valence-corrected chi connectivity index (χ2v) is 5.54. The van der Waals surface area contributed by atoms with E-state index in [1.54, 1.807) is 23.6 Å². The van der Waals surface area contributed by atoms with E-state index in [0.29, 0.717) is 22.3 Å². The maximum absolute atomic E-state index is 10.8. The number of nitro benzene ring substituents is 1. The maximum Gasteiger partial charge on any atom is 0.285 e. The molecule has 1 aromatic heterocycles. The van der Waals surface area contributed by atoms with E-state index in [-0.39, 0.29) is 5.69 Å². The monoisotopic (exact) mass is 337 g/mol. The molecule has 0 saturated heterocycles. The third-order valence-electron chi connectivity index (χ3n) is 2.39. The molecule has 7 heteroatoms. The van der Waals surface area contributed by atoms with Crippen molar-refractivity contribution in [2.75, 3.05) is 5.32 Å². The van der Waals surface area contributed by atoms with Crippen LogP contribution in [0.2, 0.25) is 0 Å². The van der Waals surface area contributed by atoms with E-state index >= 15 is 0 Å². The van der Waals surface area contributed by atoms with Crippen LogP contribution in [0.15, 0.2) is 34.1 Å². The van der Waals surface area contributed by atoms with Crippen LogP contribution in [-0.2, 0) is 6.54 Å². The van der Waals surface area contributed by atoms with Gasteiger partial charge in [-0.1, -0.05) is 0 Å². The van der Waals surface area contributed by atoms with Crippen LogP contribution in [0, 0.1) is 21.4 Å². The third-order valence-corrected chi connectivity index (χ3v) is 4.00. The normalized spacial score (nSPS) is 9.89. The van der Waals surface area contributed by atoms with Crippen LogP contribution >= 0.6 is 27.3 Å². The van der Waals surface area contributed by atoms with Gasteiger partial charge in [-0.2, -0.15) is 5.26 Å². The largest absolute Gasteiger partial charge is 0.380 e. The second-order valence-electron chi connectivity index (χ2n) is 3.69. The van der Waals surface area contributed by atoms with E-state index in [2.05, 4.69) is 27.3 Å². The number of nitro groups is 1. The molecule has 0 amide bonds. The first kappa shape index (κ1) is 13.5. The molecule has 0 atom stereocenters. The number of nitriles is 1. The molecule has 0 bridgehead atoms. The zero-order chi connectivity index (χ0) is 13.8. The highest BCUT2D eigenvalue weighted by Gasteiger charge is 2.12. The number of nitrogens with zero attached hydrogens (tertiary/aromatic N) is 2. The molecule has 2 aromatic rings. The summed E-state index contributed by atoms with van der Waals surface area (Å²) in [7, 11) is 0. The molecular weight excluding hydrogens is 330 g/mol. The van der Waals surface area contributed by atoms with Crippen LogP contribution in [0.25, 0.3) is 0 Å². The lowest BCUT2D eigenvalue weighted by Crippen LogP contribution is -1.98. The van der Waals surface area contributed by atoms with Crippen molar-refractivity contribution in [2.45, 2.75) is 6.54 Å². The van der Waals surface area contributed by atoms with Gasteiger partial charge in [0, 0.05) is 28.6 Å². The van der Waals surface area contributed by atoms with Crippen molar-refractivity contribution in [3.63, 3.8) is 0 Å². The van der Waals surface area contributed by atoms with Gasteiger partial charge in [0.15, 0.2) is 0 Å². The molecule has 19 heavy (non-hydrogen) atoms. The van der Waals surface area contributed by atoms with Gasteiger partial charge in [0.25, 0.3) is 5.69 Å². The second kappa shape index (κ2) is 5.82. The minimum Gasteiger partial charge on any atom is -0.380 e. The van der Waals surface area contributed by atoms with Crippen molar-refractivity contribution in [2.24, 2.45) is 0 Å². The van der Waals surface area contributed by atoms with Gasteiger partial charge in [0.05, 0.1) is 15.0 Å². The number of anilines is 1. The highest BCUT2D eigenvalue weighted by Crippen LogP contribution is 2.28. The Morgan fingerprint density at radius 1 is 1.47 bits per heavy atom. The quantitative estimate of drug-likeness (QED) is 0.677. The molecule has 2 rings (SSSR count). The Hall–Kier alpha value is -1.91. The van der Waals surface area contributed by atoms with Gasteiger partial charge in [0.2, 0.25) is 0 Å². The molecule has 1 heterocycles. The molecule has 5 nitrogen and oxygen atoms in total. The van der Waals surface area contributed by atoms with Crippen molar-refractivity contribution < 1.29 is 4.92 Å². The Morgan fingerprint density at radius 3 is 2.89 bits per heavy atom. The van der Waals surface area contributed by atoms with Crippen LogP contribution in [-0.4, -0.2) is 4.92 Å². The number of halogens is 1. The number of hydrogen-bond acceptors (Lipinski definition) is 5. The Labute approximate surface area is 121 Å². The number of thiophene rings is 1. The molecule has 0 aliphatic heterocycles. The zero-order valence-electron chi connectivity index (χ0n) is 9.59. The van der Waals surface area contributed by atoms with E-state index in [4.69, 9.17) is 5.26 Å². The molecular formula is C12H8BrN3O2S. The van der Waals surface area contributed by atoms with E-state index in [0.717, 1.165) is 4.88 Å². The highest BCUT2D eigenvalue weighted by atomic mass is 79.9. The number of rotatable bonds is 4. The van der Waals surface area contributed by atoms with Gasteiger partial charge in [0.1, 0.15) is 6.07 Å². The molecule has 1 N–H and O–H groups in total. The average Bonchev–Trinajstić information content (AvgIpc) is 2.85. The Morgan fingerprint density at radius 2 is 2.26 bits per heavy atom. The molecule has 0 radical (unpaired) electrons. The zero-order valence-corrected chi connectivity index (χ0v) is 12.0. The maximum atomic E-state index is 10.8. The lowest BCUT2D eigenvalue weighted by Gasteiger charge is -2.05. The van der Waals surface area contributed by atoms with E-state index < -0.39 is 4.92 Å². The molecule has 1 aromatic carbocycles. The highest BCUT2D eigenvalue weighted by molar-refractivity contribution is 9.10. The van der Waals surface area contributed by atoms with Crippen LogP contribution in [0.3, 0.4) is 0 Å². The minimum absolute atomic E-state index is 0.0221. The summed E-state index contributed by atoms with van der Waals surface area (Å²) < 4.78 is 0.450. The summed E-state index contributed by atoms with van der Waals surface area (Å²) in [6.07, 6.45) is 0. The Kier molecular flexibility index (Phi) is 4.14. The van der Waals surface area contributed by atoms with E-state index in [1.165, 1.54) is 17.4 Å². The summed E-state index contributed by atoms with van der Waals surface area (Å²) >= 11 is 4.62. The van der Waals surface area contributed by atoms with Gasteiger partial charge >= 0.3 is 0 Å². The first-order valence-corrected chi connectivity index (χ1v) is 6.92. The summed E-state index contributed by atoms with van der Waals surface area (Å²) in [6, 6.07) is 8.73. The topological polar surface area (TPSA) is 79.0 Å². The molecule has 0 saturated carbocycles. The molecule has 0 unspecified atom stereocenters. The molecule has 0 spiro atoms. The summed E-state index contributed by atoms with van der Waals surface area (Å²) in [6.45, 7) is 0.533. The molecule has 0 aliphatic carbocycles. The summed E-state index contributed by atoms with van der Waals surface area (Å²) in [5.41, 5.74) is 1.32. The van der Waals surface area contributed by atoms with Gasteiger partial charge in [-0.25, -0.2) is 0 Å². The third kappa shape index (κ3) is 3.30. The van der Waals surface area contributed by atoms with Gasteiger partial charge in [-0.05, 0) is 34.1 Å². The number of hydrogen-bond donors (Lipinski definition) is 1. The SMILES string of the molecule is N#Cc1csc(CNc2ccc(Br)c([N+](=O)[O-])c2)c1. The van der Waals surface area contributed by atoms with Crippen molar-refractivity contribution >= 4 is 38.6 Å². The fraction of sp³-hybridized carbons (Fsp3) is 0.0833. The van der Waals surface area contributed by atoms with Crippen molar-refractivity contribution in [1.82, 2.24) is 0 Å². The first-order valence-electron chi connectivity index (χ1n) is 5.25. The Bertz CT molecular complexity index is 663. The first-order chi connectivity index (χ1) is 9.10. The Balaban J connectivity index is 2.09. The van der Waals surface area contributed by atoms with Crippen molar-refractivity contribution in [1.29, 1.82) is 5.26 Å². The average molecular weight is 338 g/mol. The standard InChI is InChI=1S/C12H8BrN3O2S/c13-11-2-1-9(4-12(11)16(17)18)15-6-10-3-8(5-14)7-19-10/h1-4,7,15H,6H2. The van der Waals surface area contributed by atoms with Crippen LogP contribution in [0.5, 0.6) is 0 Å². The summed E-state index contributed by atoms with van der Waals surface area (Å²) in [4.78, 5) is 11.4. The number of nitrogens with one attached hydrogen (secondary N) is 1. The molecule has 0 aliphatic rings. The van der Waals surface area contributed by atoms with Crippen molar-refractivity contribution in [3.8, 4) is 6.07 Å². The van der Waals surface area contributed by atoms with Gasteiger partial charge in [-0.15, -0.1) is 11.3 Å². The minimum atomic E-state index is -0.436. The number of benzene rings is 1. The van der Waals surface area contributed by atoms with Gasteiger partial charge in [-0.3, -0.25) is 10.1 Å². The summed E-state index contributed by atoms with van der Waals surface area (Å²) in [5, 5.41) is 24.4. The fourth-order valence-corrected chi connectivity index (χ4v) is 2.62. The molecule has 96 valence electrons. The van der Waals surface area contributed by atoms with E-state index in [1.807, 2.05) is 0 Å². The van der Waals surface area contributed by atoms with Crippen LogP contribution in [0.1, 0.15) is 10.4 Å². The lowest BCUT2D eigenvalue weighted by molar-refractivity contribution is -0.385. The smallest absolute Gasteiger partial charge is 0.285 e. The van der Waals surface area contributed by atoms with E-state index in [9.17, 15) is 10.1 Å². The predicted octanol–water partition coefficient (Wildman–Crippen LogP) is 3.90. The van der Waals surface area contributed by atoms with Crippen LogP contribution < -0.4 is 5.32 Å². The van der Waals surface area contributed by atoms with Crippen LogP contribution in [0.4, 0.5) is 11.4 Å². The van der Waals surface area contributed by atoms with Crippen molar-refractivity contribution in [3.05, 3.63) is 54.7 Å².